The van der Waals surface area contributed by atoms with Crippen molar-refractivity contribution >= 4 is 35.0 Å². The number of benzene rings is 2. The predicted octanol–water partition coefficient (Wildman–Crippen LogP) is 3.43. The molecule has 2 amide bonds. The van der Waals surface area contributed by atoms with E-state index in [-0.39, 0.29) is 17.2 Å². The molecule has 124 valence electrons. The Labute approximate surface area is 145 Å². The molecule has 1 unspecified atom stereocenters. The van der Waals surface area contributed by atoms with Crippen molar-refractivity contribution in [2.75, 3.05) is 23.1 Å². The predicted molar refractivity (Wildman–Crippen MR) is 96.4 cm³/mol. The van der Waals surface area contributed by atoms with Crippen molar-refractivity contribution in [3.05, 3.63) is 54.1 Å². The Morgan fingerprint density at radius 1 is 1.17 bits per heavy atom. The number of carbonyl (C=O) groups excluding carboxylic acids is 2. The van der Waals surface area contributed by atoms with Crippen LogP contribution in [0.2, 0.25) is 0 Å². The highest BCUT2D eigenvalue weighted by molar-refractivity contribution is 8.00. The van der Waals surface area contributed by atoms with Crippen LogP contribution in [0.1, 0.15) is 17.9 Å². The van der Waals surface area contributed by atoms with Crippen molar-refractivity contribution in [1.82, 2.24) is 0 Å². The number of hydrogen-bond donors (Lipinski definition) is 1. The third-order valence-corrected chi connectivity index (χ3v) is 4.95. The Balaban J connectivity index is 1.85. The summed E-state index contributed by atoms with van der Waals surface area (Å²) in [7, 11) is 1.62. The Hall–Kier alpha value is -2.47. The van der Waals surface area contributed by atoms with Crippen LogP contribution < -0.4 is 15.0 Å². The summed E-state index contributed by atoms with van der Waals surface area (Å²) in [6.07, 6.45) is 0. The first-order chi connectivity index (χ1) is 11.6. The summed E-state index contributed by atoms with van der Waals surface area (Å²) in [5.74, 6) is 1.19. The molecule has 1 aliphatic heterocycles. The van der Waals surface area contributed by atoms with E-state index in [0.29, 0.717) is 5.75 Å². The van der Waals surface area contributed by atoms with E-state index in [1.165, 1.54) is 6.92 Å². The van der Waals surface area contributed by atoms with Gasteiger partial charge in [-0.05, 0) is 42.0 Å². The topological polar surface area (TPSA) is 58.6 Å². The van der Waals surface area contributed by atoms with Gasteiger partial charge in [-0.25, -0.2) is 0 Å². The summed E-state index contributed by atoms with van der Waals surface area (Å²) >= 11 is 1.59. The molecular weight excluding hydrogens is 324 g/mol. The normalized spacial score (nSPS) is 17.0. The fraction of sp³-hybridized carbons (Fsp3) is 0.222. The van der Waals surface area contributed by atoms with E-state index in [1.807, 2.05) is 48.5 Å². The van der Waals surface area contributed by atoms with Crippen molar-refractivity contribution in [1.29, 1.82) is 0 Å². The Morgan fingerprint density at radius 2 is 1.83 bits per heavy atom. The molecule has 0 saturated carbocycles. The Kier molecular flexibility index (Phi) is 4.76. The summed E-state index contributed by atoms with van der Waals surface area (Å²) in [6, 6.07) is 15.1. The number of rotatable bonds is 4. The highest BCUT2D eigenvalue weighted by Crippen LogP contribution is 2.42. The van der Waals surface area contributed by atoms with Gasteiger partial charge in [0, 0.05) is 18.3 Å². The van der Waals surface area contributed by atoms with Gasteiger partial charge in [0.15, 0.2) is 0 Å². The Bertz CT molecular complexity index is 744. The smallest absolute Gasteiger partial charge is 0.238 e. The fourth-order valence-corrected chi connectivity index (χ4v) is 3.80. The van der Waals surface area contributed by atoms with E-state index in [0.717, 1.165) is 22.7 Å². The SMILES string of the molecule is COc1ccc(N2C(=O)CSC2c2ccc(NC(C)=O)cc2)cc1. The largest absolute Gasteiger partial charge is 0.497 e. The van der Waals surface area contributed by atoms with E-state index in [2.05, 4.69) is 5.32 Å². The molecule has 2 aromatic carbocycles. The van der Waals surface area contributed by atoms with Crippen LogP contribution in [0.4, 0.5) is 11.4 Å². The van der Waals surface area contributed by atoms with Crippen LogP contribution >= 0.6 is 11.8 Å². The molecule has 5 nitrogen and oxygen atoms in total. The first kappa shape index (κ1) is 16.4. The number of nitrogens with zero attached hydrogens (tertiary/aromatic N) is 1. The molecule has 3 rings (SSSR count). The molecule has 24 heavy (non-hydrogen) atoms. The number of amides is 2. The molecule has 1 atom stereocenters. The van der Waals surface area contributed by atoms with Gasteiger partial charge in [-0.15, -0.1) is 11.8 Å². The van der Waals surface area contributed by atoms with Crippen molar-refractivity contribution in [2.45, 2.75) is 12.3 Å². The van der Waals surface area contributed by atoms with Crippen LogP contribution in [0.5, 0.6) is 5.75 Å². The summed E-state index contributed by atoms with van der Waals surface area (Å²) in [6.45, 7) is 1.48. The summed E-state index contributed by atoms with van der Waals surface area (Å²) in [4.78, 5) is 25.3. The maximum atomic E-state index is 12.3. The second-order valence-electron chi connectivity index (χ2n) is 5.43. The molecule has 1 saturated heterocycles. The zero-order valence-electron chi connectivity index (χ0n) is 13.5. The number of ether oxygens (including phenoxy) is 1. The maximum Gasteiger partial charge on any atom is 0.238 e. The van der Waals surface area contributed by atoms with Crippen LogP contribution in [0.15, 0.2) is 48.5 Å². The summed E-state index contributed by atoms with van der Waals surface area (Å²) < 4.78 is 5.17. The molecule has 6 heteroatoms. The quantitative estimate of drug-likeness (QED) is 0.925. The van der Waals surface area contributed by atoms with Gasteiger partial charge in [0.1, 0.15) is 11.1 Å². The lowest BCUT2D eigenvalue weighted by Crippen LogP contribution is -2.27. The molecule has 0 aromatic heterocycles. The van der Waals surface area contributed by atoms with Gasteiger partial charge in [-0.1, -0.05) is 12.1 Å². The van der Waals surface area contributed by atoms with Gasteiger partial charge in [0.2, 0.25) is 11.8 Å². The van der Waals surface area contributed by atoms with Crippen LogP contribution in [0, 0.1) is 0 Å². The minimum absolute atomic E-state index is 0.0720. The molecule has 1 fully saturated rings. The number of carbonyl (C=O) groups is 2. The zero-order valence-corrected chi connectivity index (χ0v) is 14.3. The Morgan fingerprint density at radius 3 is 2.42 bits per heavy atom. The molecule has 0 spiro atoms. The second kappa shape index (κ2) is 6.97. The first-order valence-corrected chi connectivity index (χ1v) is 8.58. The molecule has 1 N–H and O–H groups in total. The van der Waals surface area contributed by atoms with E-state index >= 15 is 0 Å². The third kappa shape index (κ3) is 3.38. The number of methoxy groups -OCH3 is 1. The van der Waals surface area contributed by atoms with E-state index in [1.54, 1.807) is 23.8 Å². The number of anilines is 2. The average molecular weight is 342 g/mol. The first-order valence-electron chi connectivity index (χ1n) is 7.54. The molecule has 2 aromatic rings. The minimum Gasteiger partial charge on any atom is -0.497 e. The van der Waals surface area contributed by atoms with Crippen LogP contribution in [0.25, 0.3) is 0 Å². The lowest BCUT2D eigenvalue weighted by atomic mass is 10.1. The number of thioether (sulfide) groups is 1. The van der Waals surface area contributed by atoms with Crippen molar-refractivity contribution in [3.8, 4) is 5.75 Å². The lowest BCUT2D eigenvalue weighted by molar-refractivity contribution is -0.116. The highest BCUT2D eigenvalue weighted by atomic mass is 32.2. The minimum atomic E-state index is -0.104. The van der Waals surface area contributed by atoms with Crippen LogP contribution in [-0.2, 0) is 9.59 Å². The number of nitrogens with one attached hydrogen (secondary N) is 1. The van der Waals surface area contributed by atoms with Crippen molar-refractivity contribution in [3.63, 3.8) is 0 Å². The van der Waals surface area contributed by atoms with E-state index in [9.17, 15) is 9.59 Å². The van der Waals surface area contributed by atoms with E-state index in [4.69, 9.17) is 4.74 Å². The third-order valence-electron chi connectivity index (χ3n) is 3.73. The lowest BCUT2D eigenvalue weighted by Gasteiger charge is -2.24. The molecule has 0 bridgehead atoms. The summed E-state index contributed by atoms with van der Waals surface area (Å²) in [5.41, 5.74) is 2.62. The van der Waals surface area contributed by atoms with Gasteiger partial charge in [-0.3, -0.25) is 14.5 Å². The second-order valence-corrected chi connectivity index (χ2v) is 6.50. The molecular formula is C18H18N2O3S. The molecule has 1 aliphatic rings. The van der Waals surface area contributed by atoms with Gasteiger partial charge in [0.25, 0.3) is 0 Å². The molecule has 0 aliphatic carbocycles. The highest BCUT2D eigenvalue weighted by Gasteiger charge is 2.33. The number of hydrogen-bond acceptors (Lipinski definition) is 4. The average Bonchev–Trinajstić information content (AvgIpc) is 2.97. The van der Waals surface area contributed by atoms with Gasteiger partial charge in [-0.2, -0.15) is 0 Å². The van der Waals surface area contributed by atoms with Crippen LogP contribution in [-0.4, -0.2) is 24.7 Å². The fourth-order valence-electron chi connectivity index (χ4n) is 2.63. The van der Waals surface area contributed by atoms with E-state index < -0.39 is 0 Å². The van der Waals surface area contributed by atoms with Gasteiger partial charge in [0.05, 0.1) is 12.9 Å². The standard InChI is InChI=1S/C18H18N2O3S/c1-12(21)19-14-5-3-13(4-6-14)18-20(17(22)11-24-18)15-7-9-16(23-2)10-8-15/h3-10,18H,11H2,1-2H3,(H,19,21). The van der Waals surface area contributed by atoms with Crippen molar-refractivity contribution < 1.29 is 14.3 Å². The van der Waals surface area contributed by atoms with Gasteiger partial charge < -0.3 is 10.1 Å². The van der Waals surface area contributed by atoms with Crippen molar-refractivity contribution in [2.24, 2.45) is 0 Å². The monoisotopic (exact) mass is 342 g/mol. The van der Waals surface area contributed by atoms with Gasteiger partial charge >= 0.3 is 0 Å². The zero-order chi connectivity index (χ0) is 17.1. The van der Waals surface area contributed by atoms with Crippen LogP contribution in [0.3, 0.4) is 0 Å². The molecule has 0 radical (unpaired) electrons. The molecule has 1 heterocycles. The maximum absolute atomic E-state index is 12.3. The summed E-state index contributed by atoms with van der Waals surface area (Å²) in [5, 5.41) is 2.67.